The van der Waals surface area contributed by atoms with E-state index in [9.17, 15) is 0 Å². The van der Waals surface area contributed by atoms with Crippen LogP contribution in [0, 0.1) is 13.8 Å². The van der Waals surface area contributed by atoms with E-state index in [0.29, 0.717) is 0 Å². The number of ether oxygens (including phenoxy) is 1. The number of rotatable bonds is 3. The van der Waals surface area contributed by atoms with Gasteiger partial charge in [-0.15, -0.1) is 0 Å². The van der Waals surface area contributed by atoms with Gasteiger partial charge in [0.05, 0.1) is 12.2 Å². The van der Waals surface area contributed by atoms with Gasteiger partial charge in [-0.05, 0) is 69.0 Å². The monoisotopic (exact) mass is 362 g/mol. The van der Waals surface area contributed by atoms with Crippen LogP contribution in [0.25, 0.3) is 11.1 Å². The number of anilines is 1. The van der Waals surface area contributed by atoms with Crippen LogP contribution < -0.4 is 9.64 Å². The Hall–Kier alpha value is -2.69. The summed E-state index contributed by atoms with van der Waals surface area (Å²) in [6.45, 7) is 12.9. The van der Waals surface area contributed by atoms with Gasteiger partial charge >= 0.3 is 0 Å². The maximum absolute atomic E-state index is 6.02. The lowest BCUT2D eigenvalue weighted by molar-refractivity contribution is 0.131. The number of hydrogen-bond acceptors (Lipinski definition) is 5. The quantitative estimate of drug-likeness (QED) is 0.823. The first-order valence-corrected chi connectivity index (χ1v) is 9.39. The third-order valence-electron chi connectivity index (χ3n) is 4.93. The minimum atomic E-state index is -0.214. The second-order valence-corrected chi connectivity index (χ2v) is 8.30. The van der Waals surface area contributed by atoms with E-state index in [4.69, 9.17) is 4.74 Å². The maximum Gasteiger partial charge on any atom is 0.140 e. The average Bonchev–Trinajstić information content (AvgIpc) is 3.15. The van der Waals surface area contributed by atoms with Gasteiger partial charge in [0.2, 0.25) is 0 Å². The maximum atomic E-state index is 6.02. The van der Waals surface area contributed by atoms with Crippen molar-refractivity contribution in [3.05, 3.63) is 46.9 Å². The molecule has 2 aliphatic heterocycles. The van der Waals surface area contributed by atoms with Crippen molar-refractivity contribution in [1.29, 1.82) is 0 Å². The Labute approximate surface area is 160 Å². The Morgan fingerprint density at radius 1 is 1.07 bits per heavy atom. The van der Waals surface area contributed by atoms with Crippen LogP contribution in [-0.2, 0) is 0 Å². The van der Waals surface area contributed by atoms with Gasteiger partial charge in [-0.3, -0.25) is 4.99 Å². The number of aromatic nitrogens is 2. The summed E-state index contributed by atoms with van der Waals surface area (Å²) in [5, 5.41) is 0. The smallest absolute Gasteiger partial charge is 0.140 e. The van der Waals surface area contributed by atoms with E-state index in [2.05, 4.69) is 66.6 Å². The van der Waals surface area contributed by atoms with Gasteiger partial charge in [0.1, 0.15) is 23.5 Å². The minimum Gasteiger partial charge on any atom is -0.488 e. The molecule has 0 atom stereocenters. The van der Waals surface area contributed by atoms with Crippen molar-refractivity contribution in [1.82, 2.24) is 9.97 Å². The normalized spacial score (nSPS) is 16.3. The molecule has 1 aromatic heterocycles. The fourth-order valence-electron chi connectivity index (χ4n) is 3.75. The lowest BCUT2D eigenvalue weighted by atomic mass is 9.99. The molecule has 1 aromatic carbocycles. The van der Waals surface area contributed by atoms with Gasteiger partial charge in [0, 0.05) is 24.9 Å². The van der Waals surface area contributed by atoms with E-state index in [1.54, 1.807) is 6.33 Å². The molecule has 0 saturated carbocycles. The highest BCUT2D eigenvalue weighted by atomic mass is 16.5. The summed E-state index contributed by atoms with van der Waals surface area (Å²) in [6, 6.07) is 6.27. The Bertz CT molecular complexity index is 953. The summed E-state index contributed by atoms with van der Waals surface area (Å²) in [6.07, 6.45) is 3.67. The molecule has 0 aliphatic carbocycles. The largest absolute Gasteiger partial charge is 0.488 e. The zero-order valence-electron chi connectivity index (χ0n) is 16.7. The van der Waals surface area contributed by atoms with Crippen LogP contribution in [0.15, 0.2) is 40.7 Å². The molecule has 3 heterocycles. The standard InChI is InChI=1S/C22H26N4O/c1-14-8-18(27-22(3,4)5)6-7-19(14)20-15(2)24-13-25-21(20)26-11-16-9-23-10-17(16)12-26/h6-9,13H,10-12H2,1-5H3. The second kappa shape index (κ2) is 6.48. The summed E-state index contributed by atoms with van der Waals surface area (Å²) in [5.41, 5.74) is 6.95. The van der Waals surface area contributed by atoms with E-state index in [-0.39, 0.29) is 5.60 Å². The van der Waals surface area contributed by atoms with Crippen LogP contribution in [0.1, 0.15) is 32.0 Å². The van der Waals surface area contributed by atoms with E-state index in [1.165, 1.54) is 11.1 Å². The van der Waals surface area contributed by atoms with Gasteiger partial charge in [-0.1, -0.05) is 6.07 Å². The number of hydrogen-bond donors (Lipinski definition) is 0. The van der Waals surface area contributed by atoms with Gasteiger partial charge in [-0.25, -0.2) is 9.97 Å². The zero-order chi connectivity index (χ0) is 19.2. The zero-order valence-corrected chi connectivity index (χ0v) is 16.7. The Balaban J connectivity index is 1.71. The van der Waals surface area contributed by atoms with Crippen LogP contribution in [-0.4, -0.2) is 41.4 Å². The second-order valence-electron chi connectivity index (χ2n) is 8.30. The molecule has 4 rings (SSSR count). The summed E-state index contributed by atoms with van der Waals surface area (Å²) in [5.74, 6) is 1.88. The number of aryl methyl sites for hydroxylation is 2. The Morgan fingerprint density at radius 3 is 2.59 bits per heavy atom. The molecule has 0 spiro atoms. The van der Waals surface area contributed by atoms with Gasteiger partial charge < -0.3 is 9.64 Å². The summed E-state index contributed by atoms with van der Waals surface area (Å²) in [7, 11) is 0. The van der Waals surface area contributed by atoms with Crippen molar-refractivity contribution in [2.75, 3.05) is 24.5 Å². The molecular formula is C22H26N4O. The highest BCUT2D eigenvalue weighted by Crippen LogP contribution is 2.37. The summed E-state index contributed by atoms with van der Waals surface area (Å²) < 4.78 is 6.02. The molecule has 0 unspecified atom stereocenters. The third kappa shape index (κ3) is 3.46. The molecule has 0 radical (unpaired) electrons. The molecule has 27 heavy (non-hydrogen) atoms. The van der Waals surface area contributed by atoms with Crippen molar-refractivity contribution < 1.29 is 4.74 Å². The fraction of sp³-hybridized carbons (Fsp3) is 0.409. The molecule has 5 nitrogen and oxygen atoms in total. The number of nitrogens with zero attached hydrogens (tertiary/aromatic N) is 4. The molecule has 140 valence electrons. The van der Waals surface area contributed by atoms with Gasteiger partial charge in [-0.2, -0.15) is 0 Å². The van der Waals surface area contributed by atoms with Crippen molar-refractivity contribution in [3.8, 4) is 16.9 Å². The van der Waals surface area contributed by atoms with Gasteiger partial charge in [0.25, 0.3) is 0 Å². The molecule has 2 aliphatic rings. The predicted octanol–water partition coefficient (Wildman–Crippen LogP) is 4.14. The van der Waals surface area contributed by atoms with E-state index < -0.39 is 0 Å². The lowest BCUT2D eigenvalue weighted by Gasteiger charge is -2.24. The molecule has 0 amide bonds. The highest BCUT2D eigenvalue weighted by molar-refractivity contribution is 5.88. The van der Waals surface area contributed by atoms with Gasteiger partial charge in [0.15, 0.2) is 0 Å². The molecule has 0 saturated heterocycles. The first kappa shape index (κ1) is 17.7. The summed E-state index contributed by atoms with van der Waals surface area (Å²) in [4.78, 5) is 15.8. The Kier molecular flexibility index (Phi) is 4.25. The SMILES string of the molecule is Cc1cc(OC(C)(C)C)ccc1-c1c(C)ncnc1N1CC2=C(CN=C2)C1. The number of aliphatic imine (C=N–C) groups is 1. The van der Waals surface area contributed by atoms with E-state index in [0.717, 1.165) is 53.6 Å². The molecule has 0 N–H and O–H groups in total. The van der Waals surface area contributed by atoms with Crippen LogP contribution in [0.3, 0.4) is 0 Å². The molecule has 0 fully saturated rings. The van der Waals surface area contributed by atoms with E-state index in [1.807, 2.05) is 12.3 Å². The minimum absolute atomic E-state index is 0.214. The van der Waals surface area contributed by atoms with Crippen LogP contribution in [0.5, 0.6) is 5.75 Å². The lowest BCUT2D eigenvalue weighted by Crippen LogP contribution is -2.24. The topological polar surface area (TPSA) is 50.6 Å². The fourth-order valence-corrected chi connectivity index (χ4v) is 3.75. The van der Waals surface area contributed by atoms with E-state index >= 15 is 0 Å². The van der Waals surface area contributed by atoms with Crippen molar-refractivity contribution in [2.45, 2.75) is 40.2 Å². The van der Waals surface area contributed by atoms with Crippen molar-refractivity contribution in [3.63, 3.8) is 0 Å². The van der Waals surface area contributed by atoms with Crippen LogP contribution in [0.2, 0.25) is 0 Å². The highest BCUT2D eigenvalue weighted by Gasteiger charge is 2.27. The number of benzene rings is 1. The molecule has 2 aromatic rings. The predicted molar refractivity (Wildman–Crippen MR) is 110 cm³/mol. The Morgan fingerprint density at radius 2 is 1.89 bits per heavy atom. The molecule has 0 bridgehead atoms. The average molecular weight is 362 g/mol. The first-order valence-electron chi connectivity index (χ1n) is 9.39. The summed E-state index contributed by atoms with van der Waals surface area (Å²) >= 11 is 0. The van der Waals surface area contributed by atoms with Crippen LogP contribution >= 0.6 is 0 Å². The molecular weight excluding hydrogens is 336 g/mol. The van der Waals surface area contributed by atoms with Crippen LogP contribution in [0.4, 0.5) is 5.82 Å². The van der Waals surface area contributed by atoms with Crippen molar-refractivity contribution in [2.24, 2.45) is 4.99 Å². The first-order chi connectivity index (χ1) is 12.8. The third-order valence-corrected chi connectivity index (χ3v) is 4.93. The molecule has 5 heteroatoms. The van der Waals surface area contributed by atoms with Crippen molar-refractivity contribution >= 4 is 12.0 Å².